The molecule has 1 aromatic carbocycles. The summed E-state index contributed by atoms with van der Waals surface area (Å²) in [5.74, 6) is 0.582. The van der Waals surface area contributed by atoms with Crippen molar-refractivity contribution in [3.63, 3.8) is 0 Å². The van der Waals surface area contributed by atoms with E-state index in [-0.39, 0.29) is 17.7 Å². The molecule has 0 unspecified atom stereocenters. The molecule has 3 rings (SSSR count). The third kappa shape index (κ3) is 4.04. The van der Waals surface area contributed by atoms with Crippen LogP contribution in [0.15, 0.2) is 41.6 Å². The van der Waals surface area contributed by atoms with E-state index in [1.807, 2.05) is 13.0 Å². The number of ether oxygens (including phenoxy) is 2. The molecule has 1 aromatic heterocycles. The van der Waals surface area contributed by atoms with Crippen LogP contribution in [0.4, 0.5) is 0 Å². The molecule has 0 aliphatic carbocycles. The summed E-state index contributed by atoms with van der Waals surface area (Å²) in [5.41, 5.74) is 0.536. The van der Waals surface area contributed by atoms with Crippen molar-refractivity contribution in [2.24, 2.45) is 0 Å². The molecule has 1 saturated heterocycles. The molecule has 8 nitrogen and oxygen atoms in total. The fourth-order valence-corrected chi connectivity index (χ4v) is 4.23. The highest BCUT2D eigenvalue weighted by Crippen LogP contribution is 2.20. The summed E-state index contributed by atoms with van der Waals surface area (Å²) < 4.78 is 40.9. The van der Waals surface area contributed by atoms with Crippen LogP contribution in [0.25, 0.3) is 0 Å². The quantitative estimate of drug-likeness (QED) is 0.814. The number of benzene rings is 1. The monoisotopic (exact) mass is 376 g/mol. The lowest BCUT2D eigenvalue weighted by Gasteiger charge is -2.32. The van der Waals surface area contributed by atoms with Gasteiger partial charge in [0, 0.05) is 13.0 Å². The Kier molecular flexibility index (Phi) is 5.56. The van der Waals surface area contributed by atoms with Crippen molar-refractivity contribution in [2.45, 2.75) is 37.1 Å². The number of rotatable bonds is 6. The predicted octanol–water partition coefficient (Wildman–Crippen LogP) is 1.29. The smallest absolute Gasteiger partial charge is 0.258 e. The Morgan fingerprint density at radius 2 is 2.15 bits per heavy atom. The summed E-state index contributed by atoms with van der Waals surface area (Å²) in [6.07, 6.45) is 1.64. The van der Waals surface area contributed by atoms with Crippen molar-refractivity contribution in [1.82, 2.24) is 14.5 Å². The van der Waals surface area contributed by atoms with E-state index < -0.39 is 16.1 Å². The number of hydrogen-bond acceptors (Lipinski definition) is 6. The largest absolute Gasteiger partial charge is 0.489 e. The molecule has 138 valence electrons. The number of sulfonamides is 1. The molecule has 26 heavy (non-hydrogen) atoms. The van der Waals surface area contributed by atoms with Crippen molar-refractivity contribution in [3.8, 4) is 11.8 Å². The number of nitrogens with zero attached hydrogens (tertiary/aromatic N) is 3. The van der Waals surface area contributed by atoms with Gasteiger partial charge in [0.15, 0.2) is 5.03 Å². The van der Waals surface area contributed by atoms with E-state index in [4.69, 9.17) is 14.7 Å². The molecule has 2 atom stereocenters. The lowest BCUT2D eigenvalue weighted by atomic mass is 10.1. The van der Waals surface area contributed by atoms with Gasteiger partial charge in [-0.2, -0.15) is 10.4 Å². The molecule has 0 amide bonds. The van der Waals surface area contributed by atoms with Crippen LogP contribution in [-0.2, 0) is 21.3 Å². The van der Waals surface area contributed by atoms with Gasteiger partial charge in [-0.15, -0.1) is 0 Å². The third-order valence-electron chi connectivity index (χ3n) is 4.12. The fraction of sp³-hybridized carbons (Fsp3) is 0.412. The van der Waals surface area contributed by atoms with Gasteiger partial charge in [0.2, 0.25) is 0 Å². The summed E-state index contributed by atoms with van der Waals surface area (Å²) in [7, 11) is -3.75. The number of aromatic nitrogens is 2. The number of hydrogen-bond donors (Lipinski definition) is 1. The van der Waals surface area contributed by atoms with Crippen molar-refractivity contribution < 1.29 is 17.9 Å². The number of aryl methyl sites for hydroxylation is 1. The van der Waals surface area contributed by atoms with E-state index in [1.165, 1.54) is 16.9 Å². The molecule has 1 N–H and O–H groups in total. The van der Waals surface area contributed by atoms with Gasteiger partial charge in [-0.25, -0.2) is 13.1 Å². The average Bonchev–Trinajstić information content (AvgIpc) is 3.14. The topological polar surface area (TPSA) is 106 Å². The average molecular weight is 376 g/mol. The van der Waals surface area contributed by atoms with Crippen LogP contribution in [0, 0.1) is 11.3 Å². The Labute approximate surface area is 152 Å². The second-order valence-electron chi connectivity index (χ2n) is 5.87. The standard InChI is InChI=1S/C17H20N4O4S/c1-2-21-17(7-9-19-21)26(22,23)20-15-12-24-10-8-16(15)25-14-5-3-13(11-18)4-6-14/h3-7,9,15-16,20H,2,8,10,12H2,1H3/t15-,16-/m1/s1. The van der Waals surface area contributed by atoms with Crippen LogP contribution < -0.4 is 9.46 Å². The highest BCUT2D eigenvalue weighted by Gasteiger charge is 2.33. The number of nitriles is 1. The van der Waals surface area contributed by atoms with Crippen LogP contribution in [0.1, 0.15) is 18.9 Å². The lowest BCUT2D eigenvalue weighted by Crippen LogP contribution is -2.52. The van der Waals surface area contributed by atoms with Crippen LogP contribution >= 0.6 is 0 Å². The molecule has 0 radical (unpaired) electrons. The van der Waals surface area contributed by atoms with E-state index in [0.29, 0.717) is 30.9 Å². The first-order chi connectivity index (χ1) is 12.5. The first-order valence-corrected chi connectivity index (χ1v) is 9.80. The molecule has 0 bridgehead atoms. The van der Waals surface area contributed by atoms with Crippen LogP contribution in [0.2, 0.25) is 0 Å². The molecule has 2 aromatic rings. The molecule has 0 saturated carbocycles. The summed E-state index contributed by atoms with van der Waals surface area (Å²) in [6.45, 7) is 2.99. The summed E-state index contributed by atoms with van der Waals surface area (Å²) >= 11 is 0. The van der Waals surface area contributed by atoms with Crippen LogP contribution in [-0.4, -0.2) is 43.6 Å². The zero-order valence-electron chi connectivity index (χ0n) is 14.3. The van der Waals surface area contributed by atoms with Gasteiger partial charge in [0.05, 0.1) is 37.1 Å². The zero-order valence-corrected chi connectivity index (χ0v) is 15.1. The maximum Gasteiger partial charge on any atom is 0.258 e. The second kappa shape index (κ2) is 7.86. The molecular weight excluding hydrogens is 356 g/mol. The predicted molar refractivity (Wildman–Crippen MR) is 93.0 cm³/mol. The van der Waals surface area contributed by atoms with Crippen molar-refractivity contribution in [1.29, 1.82) is 5.26 Å². The van der Waals surface area contributed by atoms with E-state index >= 15 is 0 Å². The molecule has 1 aliphatic heterocycles. The highest BCUT2D eigenvalue weighted by atomic mass is 32.2. The van der Waals surface area contributed by atoms with Gasteiger partial charge >= 0.3 is 0 Å². The van der Waals surface area contributed by atoms with E-state index in [9.17, 15) is 8.42 Å². The maximum absolute atomic E-state index is 12.7. The second-order valence-corrected chi connectivity index (χ2v) is 7.53. The minimum Gasteiger partial charge on any atom is -0.489 e. The van der Waals surface area contributed by atoms with Crippen molar-refractivity contribution in [3.05, 3.63) is 42.1 Å². The Bertz CT molecular complexity index is 886. The van der Waals surface area contributed by atoms with Gasteiger partial charge in [-0.1, -0.05) is 0 Å². The first kappa shape index (κ1) is 18.4. The van der Waals surface area contributed by atoms with Gasteiger partial charge in [0.25, 0.3) is 10.0 Å². The van der Waals surface area contributed by atoms with Gasteiger partial charge < -0.3 is 9.47 Å². The number of nitrogens with one attached hydrogen (secondary N) is 1. The van der Waals surface area contributed by atoms with Crippen LogP contribution in [0.5, 0.6) is 5.75 Å². The van der Waals surface area contributed by atoms with Crippen LogP contribution in [0.3, 0.4) is 0 Å². The van der Waals surface area contributed by atoms with Crippen molar-refractivity contribution >= 4 is 10.0 Å². The molecule has 1 aliphatic rings. The van der Waals surface area contributed by atoms with E-state index in [2.05, 4.69) is 9.82 Å². The van der Waals surface area contributed by atoms with E-state index in [0.717, 1.165) is 0 Å². The molecule has 1 fully saturated rings. The SMILES string of the molecule is CCn1nccc1S(=O)(=O)N[C@@H]1COCC[C@H]1Oc1ccc(C#N)cc1. The molecule has 0 spiro atoms. The third-order valence-corrected chi connectivity index (χ3v) is 5.63. The maximum atomic E-state index is 12.7. The Morgan fingerprint density at radius 1 is 1.38 bits per heavy atom. The first-order valence-electron chi connectivity index (χ1n) is 8.32. The minimum absolute atomic E-state index is 0.114. The summed E-state index contributed by atoms with van der Waals surface area (Å²) in [6, 6.07) is 9.71. The summed E-state index contributed by atoms with van der Waals surface area (Å²) in [5, 5.41) is 13.0. The van der Waals surface area contributed by atoms with Gasteiger partial charge in [-0.3, -0.25) is 4.68 Å². The summed E-state index contributed by atoms with van der Waals surface area (Å²) in [4.78, 5) is 0. The molecular formula is C17H20N4O4S. The fourth-order valence-electron chi connectivity index (χ4n) is 2.80. The molecule has 9 heteroatoms. The molecule has 2 heterocycles. The van der Waals surface area contributed by atoms with Gasteiger partial charge in [0.1, 0.15) is 11.9 Å². The highest BCUT2D eigenvalue weighted by molar-refractivity contribution is 7.89. The van der Waals surface area contributed by atoms with Crippen molar-refractivity contribution in [2.75, 3.05) is 13.2 Å². The normalized spacial score (nSPS) is 20.5. The Balaban J connectivity index is 1.75. The Morgan fingerprint density at radius 3 is 2.85 bits per heavy atom. The van der Waals surface area contributed by atoms with E-state index in [1.54, 1.807) is 24.3 Å². The Hall–Kier alpha value is -2.41. The minimum atomic E-state index is -3.75. The zero-order chi connectivity index (χ0) is 18.6. The van der Waals surface area contributed by atoms with Gasteiger partial charge in [-0.05, 0) is 37.3 Å². The lowest BCUT2D eigenvalue weighted by molar-refractivity contribution is 0.00317.